The number of pyridine rings is 1. The number of hydrogen-bond acceptors (Lipinski definition) is 4. The molecule has 0 atom stereocenters. The predicted octanol–water partition coefficient (Wildman–Crippen LogP) is 4.36. The Kier molecular flexibility index (Phi) is 4.66. The summed E-state index contributed by atoms with van der Waals surface area (Å²) in [4.78, 5) is 29.3. The van der Waals surface area contributed by atoms with Crippen LogP contribution >= 0.6 is 0 Å². The molecule has 0 saturated heterocycles. The van der Waals surface area contributed by atoms with Gasteiger partial charge in [-0.1, -0.05) is 6.08 Å². The van der Waals surface area contributed by atoms with E-state index in [4.69, 9.17) is 0 Å². The van der Waals surface area contributed by atoms with E-state index < -0.39 is 0 Å². The number of nitrogens with one attached hydrogen (secondary N) is 2. The van der Waals surface area contributed by atoms with E-state index in [1.54, 1.807) is 13.1 Å². The maximum absolute atomic E-state index is 13.5. The number of aromatic nitrogens is 4. The third-order valence-electron chi connectivity index (χ3n) is 5.94. The summed E-state index contributed by atoms with van der Waals surface area (Å²) in [6.07, 6.45) is 6.78. The van der Waals surface area contributed by atoms with Crippen LogP contribution in [-0.2, 0) is 0 Å². The zero-order chi connectivity index (χ0) is 21.5. The molecule has 156 valence electrons. The first-order valence-corrected chi connectivity index (χ1v) is 10.2. The maximum Gasteiger partial charge on any atom is 0.254 e. The van der Waals surface area contributed by atoms with Crippen molar-refractivity contribution in [3.63, 3.8) is 0 Å². The molecule has 4 aromatic rings. The first-order chi connectivity index (χ1) is 15.0. The number of H-pyrrole nitrogens is 2. The molecule has 31 heavy (non-hydrogen) atoms. The Bertz CT molecular complexity index is 1370. The molecule has 0 spiro atoms. The van der Waals surface area contributed by atoms with Crippen LogP contribution in [0.5, 0.6) is 0 Å². The number of halogens is 1. The average molecular weight is 415 g/mol. The van der Waals surface area contributed by atoms with Crippen LogP contribution in [0.25, 0.3) is 27.9 Å². The van der Waals surface area contributed by atoms with E-state index in [9.17, 15) is 9.18 Å². The molecule has 2 N–H and O–H groups in total. The van der Waals surface area contributed by atoms with Crippen molar-refractivity contribution < 1.29 is 4.39 Å². The minimum atomic E-state index is -0.237. The average Bonchev–Trinajstić information content (AvgIpc) is 3.20. The topological polar surface area (TPSA) is 77.7 Å². The van der Waals surface area contributed by atoms with Crippen LogP contribution in [-0.4, -0.2) is 33.0 Å². The Morgan fingerprint density at radius 1 is 1.16 bits per heavy atom. The van der Waals surface area contributed by atoms with E-state index in [0.717, 1.165) is 53.1 Å². The fourth-order valence-corrected chi connectivity index (χ4v) is 3.98. The molecule has 1 aromatic carbocycles. The van der Waals surface area contributed by atoms with Gasteiger partial charge in [0.1, 0.15) is 17.5 Å². The van der Waals surface area contributed by atoms with Crippen LogP contribution in [0.15, 0.2) is 53.6 Å². The van der Waals surface area contributed by atoms with Gasteiger partial charge < -0.3 is 14.9 Å². The van der Waals surface area contributed by atoms with Gasteiger partial charge in [0.15, 0.2) is 0 Å². The monoisotopic (exact) mass is 415 g/mol. The van der Waals surface area contributed by atoms with Gasteiger partial charge in [0, 0.05) is 58.8 Å². The Hall–Kier alpha value is -3.74. The molecule has 0 unspecified atom stereocenters. The first-order valence-electron chi connectivity index (χ1n) is 10.2. The lowest BCUT2D eigenvalue weighted by Crippen LogP contribution is -2.28. The van der Waals surface area contributed by atoms with Crippen molar-refractivity contribution >= 4 is 22.3 Å². The normalized spacial score (nSPS) is 14.2. The molecule has 7 heteroatoms. The number of nitrogens with zero attached hydrogens (tertiary/aromatic N) is 3. The second-order valence-corrected chi connectivity index (χ2v) is 7.85. The minimum absolute atomic E-state index is 0.125. The van der Waals surface area contributed by atoms with Gasteiger partial charge in [-0.05, 0) is 56.2 Å². The fourth-order valence-electron chi connectivity index (χ4n) is 3.98. The number of rotatable bonds is 3. The maximum atomic E-state index is 13.5. The Balaban J connectivity index is 1.35. The summed E-state index contributed by atoms with van der Waals surface area (Å²) < 4.78 is 13.5. The summed E-state index contributed by atoms with van der Waals surface area (Å²) in [6, 6.07) is 8.74. The van der Waals surface area contributed by atoms with Gasteiger partial charge in [-0.25, -0.2) is 14.4 Å². The van der Waals surface area contributed by atoms with E-state index in [1.807, 2.05) is 31.3 Å². The van der Waals surface area contributed by atoms with Gasteiger partial charge in [0.25, 0.3) is 5.56 Å². The van der Waals surface area contributed by atoms with E-state index in [1.165, 1.54) is 17.7 Å². The van der Waals surface area contributed by atoms with Crippen molar-refractivity contribution in [2.24, 2.45) is 0 Å². The van der Waals surface area contributed by atoms with Gasteiger partial charge in [0.05, 0.1) is 0 Å². The third kappa shape index (κ3) is 3.52. The number of aromatic amines is 2. The molecule has 3 aromatic heterocycles. The molecule has 4 heterocycles. The minimum Gasteiger partial charge on any atom is -0.360 e. The van der Waals surface area contributed by atoms with Gasteiger partial charge in [-0.3, -0.25) is 4.79 Å². The Labute approximate surface area is 178 Å². The molecule has 0 saturated carbocycles. The third-order valence-corrected chi connectivity index (χ3v) is 5.94. The fraction of sp³-hybridized carbons (Fsp3) is 0.208. The smallest absolute Gasteiger partial charge is 0.254 e. The van der Waals surface area contributed by atoms with Crippen LogP contribution in [0.2, 0.25) is 0 Å². The zero-order valence-corrected chi connectivity index (χ0v) is 17.4. The molecule has 0 bridgehead atoms. The summed E-state index contributed by atoms with van der Waals surface area (Å²) in [5.41, 5.74) is 5.20. The molecule has 0 amide bonds. The number of aryl methyl sites for hydroxylation is 1. The molecular weight excluding hydrogens is 393 g/mol. The highest BCUT2D eigenvalue weighted by Crippen LogP contribution is 2.30. The van der Waals surface area contributed by atoms with Crippen molar-refractivity contribution in [1.29, 1.82) is 0 Å². The number of fused-ring (bicyclic) bond motifs is 1. The number of hydrogen-bond donors (Lipinski definition) is 2. The first kappa shape index (κ1) is 19.2. The Morgan fingerprint density at radius 2 is 2.03 bits per heavy atom. The summed E-state index contributed by atoms with van der Waals surface area (Å²) in [7, 11) is 0. The van der Waals surface area contributed by atoms with Crippen LogP contribution in [0, 0.1) is 19.7 Å². The van der Waals surface area contributed by atoms with Crippen molar-refractivity contribution in [3.05, 3.63) is 81.8 Å². The standard InChI is InChI=1S/C24H22FN5O/c1-14-15(2)28-23(29-24(14)31)17-3-6-22(27-12-17)30-9-7-16(8-10-30)20-13-26-21-11-18(25)4-5-19(20)21/h3-7,11-13,26H,8-10H2,1-2H3,(H,28,29,31). The number of benzene rings is 1. The summed E-state index contributed by atoms with van der Waals surface area (Å²) in [5, 5.41) is 1.04. The lowest BCUT2D eigenvalue weighted by atomic mass is 9.99. The van der Waals surface area contributed by atoms with E-state index >= 15 is 0 Å². The van der Waals surface area contributed by atoms with Crippen molar-refractivity contribution in [3.8, 4) is 11.4 Å². The lowest BCUT2D eigenvalue weighted by Gasteiger charge is -2.27. The molecule has 5 rings (SSSR count). The predicted molar refractivity (Wildman–Crippen MR) is 121 cm³/mol. The summed E-state index contributed by atoms with van der Waals surface area (Å²) >= 11 is 0. The van der Waals surface area contributed by atoms with Crippen LogP contribution < -0.4 is 10.5 Å². The van der Waals surface area contributed by atoms with Crippen LogP contribution in [0.4, 0.5) is 10.2 Å². The summed E-state index contributed by atoms with van der Waals surface area (Å²) in [6.45, 7) is 5.18. The van der Waals surface area contributed by atoms with Crippen LogP contribution in [0.3, 0.4) is 0 Å². The van der Waals surface area contributed by atoms with Gasteiger partial charge in [0.2, 0.25) is 0 Å². The van der Waals surface area contributed by atoms with Gasteiger partial charge >= 0.3 is 0 Å². The highest BCUT2D eigenvalue weighted by molar-refractivity contribution is 5.93. The molecule has 1 aliphatic heterocycles. The van der Waals surface area contributed by atoms with Gasteiger partial charge in [-0.15, -0.1) is 0 Å². The van der Waals surface area contributed by atoms with E-state index in [-0.39, 0.29) is 11.4 Å². The van der Waals surface area contributed by atoms with Gasteiger partial charge in [-0.2, -0.15) is 0 Å². The van der Waals surface area contributed by atoms with Crippen molar-refractivity contribution in [2.45, 2.75) is 20.3 Å². The lowest BCUT2D eigenvalue weighted by molar-refractivity contribution is 0.629. The molecular formula is C24H22FN5O. The number of anilines is 1. The van der Waals surface area contributed by atoms with E-state index in [2.05, 4.69) is 30.9 Å². The molecule has 1 aliphatic rings. The zero-order valence-electron chi connectivity index (χ0n) is 17.4. The molecule has 0 aliphatic carbocycles. The quantitative estimate of drug-likeness (QED) is 0.521. The molecule has 0 radical (unpaired) electrons. The second-order valence-electron chi connectivity index (χ2n) is 7.85. The highest BCUT2D eigenvalue weighted by Gasteiger charge is 2.17. The molecule has 6 nitrogen and oxygen atoms in total. The van der Waals surface area contributed by atoms with Crippen LogP contribution in [0.1, 0.15) is 23.2 Å². The van der Waals surface area contributed by atoms with Crippen molar-refractivity contribution in [2.75, 3.05) is 18.0 Å². The van der Waals surface area contributed by atoms with Crippen molar-refractivity contribution in [1.82, 2.24) is 19.9 Å². The molecule has 0 fully saturated rings. The van der Waals surface area contributed by atoms with E-state index in [0.29, 0.717) is 11.4 Å². The SMILES string of the molecule is Cc1nc(-c2ccc(N3CC=C(c4c[nH]c5cc(F)ccc45)CC3)nc2)[nH]c(=O)c1C. The summed E-state index contributed by atoms with van der Waals surface area (Å²) in [5.74, 6) is 1.18. The highest BCUT2D eigenvalue weighted by atomic mass is 19.1. The largest absolute Gasteiger partial charge is 0.360 e. The second kappa shape index (κ2) is 7.50. The Morgan fingerprint density at radius 3 is 2.74 bits per heavy atom.